The van der Waals surface area contributed by atoms with E-state index in [1.54, 1.807) is 25.6 Å². The highest BCUT2D eigenvalue weighted by Gasteiger charge is 2.12. The molecule has 4 aromatic rings. The number of amides is 1. The van der Waals surface area contributed by atoms with Gasteiger partial charge >= 0.3 is 0 Å². The first kappa shape index (κ1) is 24.8. The molecule has 188 valence electrons. The lowest BCUT2D eigenvalue weighted by Gasteiger charge is -2.13. The molecule has 2 aromatic carbocycles. The zero-order valence-corrected chi connectivity index (χ0v) is 20.7. The van der Waals surface area contributed by atoms with Gasteiger partial charge in [-0.3, -0.25) is 9.59 Å². The summed E-state index contributed by atoms with van der Waals surface area (Å²) in [5.41, 5.74) is 2.66. The number of rotatable bonds is 11. The standard InChI is InChI=1S/C27H30N4O5/c1-4-35-24-11-6-19(16-25(24)36-5-2)12-13-28-26(32)18-30-14-15-31-23(27(30)33)17-22(29-31)20-7-9-21(34-3)10-8-20/h6-11,14-17H,4-5,12-13,18H2,1-3H3,(H,28,32). The number of ether oxygens (including phenoxy) is 3. The van der Waals surface area contributed by atoms with Crippen LogP contribution in [0.2, 0.25) is 0 Å². The third-order valence-corrected chi connectivity index (χ3v) is 5.65. The molecule has 0 aliphatic rings. The molecule has 0 radical (unpaired) electrons. The highest BCUT2D eigenvalue weighted by atomic mass is 16.5. The van der Waals surface area contributed by atoms with Gasteiger partial charge in [0.2, 0.25) is 5.91 Å². The van der Waals surface area contributed by atoms with Crippen LogP contribution >= 0.6 is 0 Å². The monoisotopic (exact) mass is 490 g/mol. The summed E-state index contributed by atoms with van der Waals surface area (Å²) >= 11 is 0. The fourth-order valence-electron chi connectivity index (χ4n) is 3.86. The first-order valence-corrected chi connectivity index (χ1v) is 11.9. The maximum absolute atomic E-state index is 13.0. The molecular weight excluding hydrogens is 460 g/mol. The number of carbonyl (C=O) groups is 1. The van der Waals surface area contributed by atoms with Crippen LogP contribution in [0.4, 0.5) is 0 Å². The van der Waals surface area contributed by atoms with Crippen LogP contribution in [0.3, 0.4) is 0 Å². The number of fused-ring (bicyclic) bond motifs is 1. The molecule has 0 atom stereocenters. The zero-order valence-electron chi connectivity index (χ0n) is 20.7. The van der Waals surface area contributed by atoms with Crippen molar-refractivity contribution >= 4 is 11.4 Å². The van der Waals surface area contributed by atoms with E-state index in [0.29, 0.717) is 48.9 Å². The molecule has 2 aromatic heterocycles. The Balaban J connectivity index is 1.39. The Morgan fingerprint density at radius 3 is 2.44 bits per heavy atom. The highest BCUT2D eigenvalue weighted by molar-refractivity contribution is 5.76. The summed E-state index contributed by atoms with van der Waals surface area (Å²) in [6.07, 6.45) is 3.87. The quantitative estimate of drug-likeness (QED) is 0.347. The van der Waals surface area contributed by atoms with Crippen molar-refractivity contribution in [1.82, 2.24) is 19.5 Å². The van der Waals surface area contributed by atoms with Gasteiger partial charge in [-0.05, 0) is 68.3 Å². The van der Waals surface area contributed by atoms with Gasteiger partial charge in [0.05, 0.1) is 26.0 Å². The number of aromatic nitrogens is 3. The van der Waals surface area contributed by atoms with Gasteiger partial charge in [-0.25, -0.2) is 4.52 Å². The van der Waals surface area contributed by atoms with Crippen molar-refractivity contribution in [1.29, 1.82) is 0 Å². The molecule has 0 bridgehead atoms. The van der Waals surface area contributed by atoms with Crippen molar-refractivity contribution in [2.24, 2.45) is 0 Å². The fourth-order valence-corrected chi connectivity index (χ4v) is 3.86. The van der Waals surface area contributed by atoms with E-state index in [4.69, 9.17) is 14.2 Å². The minimum Gasteiger partial charge on any atom is -0.497 e. The van der Waals surface area contributed by atoms with E-state index in [-0.39, 0.29) is 18.0 Å². The molecule has 0 unspecified atom stereocenters. The Kier molecular flexibility index (Phi) is 7.89. The van der Waals surface area contributed by atoms with Gasteiger partial charge in [-0.2, -0.15) is 5.10 Å². The molecule has 9 nitrogen and oxygen atoms in total. The van der Waals surface area contributed by atoms with Crippen molar-refractivity contribution in [2.75, 3.05) is 26.9 Å². The minimum atomic E-state index is -0.284. The predicted octanol–water partition coefficient (Wildman–Crippen LogP) is 3.33. The summed E-state index contributed by atoms with van der Waals surface area (Å²) in [5, 5.41) is 7.37. The van der Waals surface area contributed by atoms with Crippen LogP contribution in [0.15, 0.2) is 65.7 Å². The van der Waals surface area contributed by atoms with Gasteiger partial charge in [0, 0.05) is 24.5 Å². The van der Waals surface area contributed by atoms with Crippen LogP contribution in [-0.2, 0) is 17.8 Å². The molecule has 4 rings (SSSR count). The van der Waals surface area contributed by atoms with Crippen LogP contribution in [0.25, 0.3) is 16.8 Å². The summed E-state index contributed by atoms with van der Waals surface area (Å²) in [4.78, 5) is 25.5. The van der Waals surface area contributed by atoms with Gasteiger partial charge in [-0.1, -0.05) is 6.07 Å². The predicted molar refractivity (Wildman–Crippen MR) is 137 cm³/mol. The molecule has 0 spiro atoms. The number of hydrogen-bond donors (Lipinski definition) is 1. The molecular formula is C27H30N4O5. The molecule has 9 heteroatoms. The Bertz CT molecular complexity index is 1390. The van der Waals surface area contributed by atoms with E-state index in [0.717, 1.165) is 16.9 Å². The smallest absolute Gasteiger partial charge is 0.277 e. The van der Waals surface area contributed by atoms with Crippen LogP contribution in [0, 0.1) is 0 Å². The number of carbonyl (C=O) groups excluding carboxylic acids is 1. The Morgan fingerprint density at radius 2 is 1.72 bits per heavy atom. The van der Waals surface area contributed by atoms with Gasteiger partial charge in [0.25, 0.3) is 5.56 Å². The lowest BCUT2D eigenvalue weighted by molar-refractivity contribution is -0.121. The van der Waals surface area contributed by atoms with Crippen LogP contribution in [-0.4, -0.2) is 47.0 Å². The van der Waals surface area contributed by atoms with Crippen LogP contribution in [0.1, 0.15) is 19.4 Å². The van der Waals surface area contributed by atoms with E-state index in [9.17, 15) is 9.59 Å². The Labute approximate surface area is 209 Å². The first-order valence-electron chi connectivity index (χ1n) is 11.9. The molecule has 0 fully saturated rings. The van der Waals surface area contributed by atoms with E-state index >= 15 is 0 Å². The topological polar surface area (TPSA) is 96.1 Å². The maximum Gasteiger partial charge on any atom is 0.277 e. The molecule has 1 amide bonds. The summed E-state index contributed by atoms with van der Waals surface area (Å²) in [5.74, 6) is 1.90. The van der Waals surface area contributed by atoms with Gasteiger partial charge in [0.15, 0.2) is 11.5 Å². The Hall–Kier alpha value is -4.27. The van der Waals surface area contributed by atoms with Crippen molar-refractivity contribution in [3.8, 4) is 28.5 Å². The lowest BCUT2D eigenvalue weighted by atomic mass is 10.1. The normalized spacial score (nSPS) is 10.9. The molecule has 2 heterocycles. The lowest BCUT2D eigenvalue weighted by Crippen LogP contribution is -2.33. The van der Waals surface area contributed by atoms with Gasteiger partial charge in [0.1, 0.15) is 17.8 Å². The third kappa shape index (κ3) is 5.68. The van der Waals surface area contributed by atoms with E-state index in [1.807, 2.05) is 56.3 Å². The maximum atomic E-state index is 13.0. The summed E-state index contributed by atoms with van der Waals surface area (Å²) in [6.45, 7) is 5.30. The van der Waals surface area contributed by atoms with Crippen molar-refractivity contribution in [2.45, 2.75) is 26.8 Å². The van der Waals surface area contributed by atoms with Crippen molar-refractivity contribution < 1.29 is 19.0 Å². The molecule has 0 saturated heterocycles. The van der Waals surface area contributed by atoms with Gasteiger partial charge in [-0.15, -0.1) is 0 Å². The van der Waals surface area contributed by atoms with Crippen molar-refractivity contribution in [3.63, 3.8) is 0 Å². The SMILES string of the molecule is CCOc1ccc(CCNC(=O)Cn2ccn3nc(-c4ccc(OC)cc4)cc3c2=O)cc1OCC. The number of hydrogen-bond acceptors (Lipinski definition) is 6. The summed E-state index contributed by atoms with van der Waals surface area (Å²) < 4.78 is 19.4. The van der Waals surface area contributed by atoms with Crippen LogP contribution in [0.5, 0.6) is 17.2 Å². The molecule has 1 N–H and O–H groups in total. The second kappa shape index (κ2) is 11.4. The average Bonchev–Trinajstić information content (AvgIpc) is 3.33. The second-order valence-corrected chi connectivity index (χ2v) is 8.07. The highest BCUT2D eigenvalue weighted by Crippen LogP contribution is 2.28. The minimum absolute atomic E-state index is 0.0775. The fraction of sp³-hybridized carbons (Fsp3) is 0.296. The van der Waals surface area contributed by atoms with Crippen LogP contribution < -0.4 is 25.1 Å². The third-order valence-electron chi connectivity index (χ3n) is 5.65. The zero-order chi connectivity index (χ0) is 25.5. The largest absolute Gasteiger partial charge is 0.497 e. The number of nitrogens with one attached hydrogen (secondary N) is 1. The summed E-state index contributed by atoms with van der Waals surface area (Å²) in [7, 11) is 1.61. The number of nitrogens with zero attached hydrogens (tertiary/aromatic N) is 3. The molecule has 36 heavy (non-hydrogen) atoms. The van der Waals surface area contributed by atoms with E-state index in [2.05, 4.69) is 10.4 Å². The molecule has 0 aliphatic carbocycles. The van der Waals surface area contributed by atoms with Crippen molar-refractivity contribution in [3.05, 3.63) is 76.8 Å². The number of benzene rings is 2. The number of methoxy groups -OCH3 is 1. The molecule has 0 saturated carbocycles. The summed E-state index contributed by atoms with van der Waals surface area (Å²) in [6, 6.07) is 14.9. The molecule has 0 aliphatic heterocycles. The van der Waals surface area contributed by atoms with E-state index in [1.165, 1.54) is 9.08 Å². The second-order valence-electron chi connectivity index (χ2n) is 8.07. The van der Waals surface area contributed by atoms with E-state index < -0.39 is 0 Å². The average molecular weight is 491 g/mol. The van der Waals surface area contributed by atoms with Gasteiger partial charge < -0.3 is 24.1 Å². The first-order chi connectivity index (χ1) is 17.5. The Morgan fingerprint density at radius 1 is 0.972 bits per heavy atom.